The van der Waals surface area contributed by atoms with Crippen molar-refractivity contribution in [3.63, 3.8) is 0 Å². The lowest BCUT2D eigenvalue weighted by Gasteiger charge is -2.31. The van der Waals surface area contributed by atoms with Gasteiger partial charge in [-0.1, -0.05) is 47.6 Å². The minimum atomic E-state index is 0.0952. The highest BCUT2D eigenvalue weighted by molar-refractivity contribution is 5.76. The molecule has 0 aliphatic carbocycles. The van der Waals surface area contributed by atoms with E-state index in [0.29, 0.717) is 24.8 Å². The molecule has 1 aromatic heterocycles. The number of aromatic nitrogens is 1. The predicted octanol–water partition coefficient (Wildman–Crippen LogP) is 3.82. The number of carbonyl (C=O) groups is 1. The Morgan fingerprint density at radius 1 is 1.16 bits per heavy atom. The number of hydrogen-bond donors (Lipinski definition) is 2. The van der Waals surface area contributed by atoms with E-state index in [9.17, 15) is 4.79 Å². The Balaban J connectivity index is 1.32. The van der Waals surface area contributed by atoms with E-state index in [0.717, 1.165) is 54.3 Å². The zero-order valence-electron chi connectivity index (χ0n) is 17.8. The molecular weight excluding hydrogens is 390 g/mol. The molecule has 4 rings (SSSR count). The van der Waals surface area contributed by atoms with E-state index < -0.39 is 0 Å². The molecule has 0 bridgehead atoms. The molecule has 0 unspecified atom stereocenters. The number of carbonyl (C=O) groups excluding carboxylic acids is 1. The molecule has 1 amide bonds. The van der Waals surface area contributed by atoms with Crippen molar-refractivity contribution in [1.29, 1.82) is 0 Å². The van der Waals surface area contributed by atoms with Gasteiger partial charge in [-0.05, 0) is 55.5 Å². The van der Waals surface area contributed by atoms with Gasteiger partial charge in [0.25, 0.3) is 0 Å². The monoisotopic (exact) mass is 419 g/mol. The zero-order chi connectivity index (χ0) is 21.5. The van der Waals surface area contributed by atoms with Crippen LogP contribution in [0.2, 0.25) is 0 Å². The van der Waals surface area contributed by atoms with Crippen LogP contribution in [-0.4, -0.2) is 31.3 Å². The maximum absolute atomic E-state index is 12.6. The number of piperidine rings is 1. The van der Waals surface area contributed by atoms with Crippen LogP contribution < -0.4 is 15.4 Å². The normalized spacial score (nSPS) is 18.5. The van der Waals surface area contributed by atoms with Crippen LogP contribution in [-0.2, 0) is 17.8 Å². The first kappa shape index (κ1) is 21.1. The molecule has 0 saturated carbocycles. The van der Waals surface area contributed by atoms with Crippen molar-refractivity contribution in [2.45, 2.75) is 25.8 Å². The molecule has 2 aromatic carbocycles. The maximum Gasteiger partial charge on any atom is 0.220 e. The van der Waals surface area contributed by atoms with E-state index in [1.54, 1.807) is 7.11 Å². The largest absolute Gasteiger partial charge is 0.497 e. The first-order valence-corrected chi connectivity index (χ1v) is 10.8. The molecule has 1 aliphatic heterocycles. The maximum atomic E-state index is 12.6. The smallest absolute Gasteiger partial charge is 0.220 e. The second-order valence-corrected chi connectivity index (χ2v) is 8.09. The highest BCUT2D eigenvalue weighted by Crippen LogP contribution is 2.28. The summed E-state index contributed by atoms with van der Waals surface area (Å²) in [6.45, 7) is 2.37. The number of rotatable bonds is 8. The highest BCUT2D eigenvalue weighted by atomic mass is 16.5. The molecular formula is C25H29N3O3. The molecule has 2 heterocycles. The van der Waals surface area contributed by atoms with E-state index in [-0.39, 0.29) is 5.91 Å². The molecule has 2 N–H and O–H groups in total. The minimum absolute atomic E-state index is 0.0952. The minimum Gasteiger partial charge on any atom is -0.497 e. The fourth-order valence-corrected chi connectivity index (χ4v) is 4.15. The average molecular weight is 420 g/mol. The molecule has 2 atom stereocenters. The number of methoxy groups -OCH3 is 1. The third-order valence-corrected chi connectivity index (χ3v) is 5.95. The second kappa shape index (κ2) is 10.3. The van der Waals surface area contributed by atoms with Crippen LogP contribution in [0.5, 0.6) is 5.75 Å². The highest BCUT2D eigenvalue weighted by Gasteiger charge is 2.28. The number of benzene rings is 2. The third-order valence-electron chi connectivity index (χ3n) is 5.95. The van der Waals surface area contributed by atoms with Crippen molar-refractivity contribution >= 4 is 5.91 Å². The molecule has 1 fully saturated rings. The SMILES string of the molecule is COc1ccc(CNC(=O)C[C@@H]2CCNC[C@@H]2Cc2cc(-c3ccccc3)on2)cc1. The van der Waals surface area contributed by atoms with Gasteiger partial charge in [0.05, 0.1) is 12.8 Å². The van der Waals surface area contributed by atoms with Crippen LogP contribution in [0.4, 0.5) is 0 Å². The second-order valence-electron chi connectivity index (χ2n) is 8.09. The van der Waals surface area contributed by atoms with Gasteiger partial charge in [-0.15, -0.1) is 0 Å². The summed E-state index contributed by atoms with van der Waals surface area (Å²) in [7, 11) is 1.65. The predicted molar refractivity (Wildman–Crippen MR) is 120 cm³/mol. The van der Waals surface area contributed by atoms with Gasteiger partial charge in [0.1, 0.15) is 5.75 Å². The average Bonchev–Trinajstić information content (AvgIpc) is 3.28. The van der Waals surface area contributed by atoms with Crippen LogP contribution in [0.3, 0.4) is 0 Å². The van der Waals surface area contributed by atoms with Crippen molar-refractivity contribution in [2.75, 3.05) is 20.2 Å². The topological polar surface area (TPSA) is 76.4 Å². The Bertz CT molecular complexity index is 969. The van der Waals surface area contributed by atoms with E-state index in [1.165, 1.54) is 0 Å². The molecule has 1 aliphatic rings. The van der Waals surface area contributed by atoms with Crippen LogP contribution in [0.15, 0.2) is 65.2 Å². The van der Waals surface area contributed by atoms with Gasteiger partial charge in [-0.25, -0.2) is 0 Å². The summed E-state index contributed by atoms with van der Waals surface area (Å²) >= 11 is 0. The van der Waals surface area contributed by atoms with Gasteiger partial charge in [0.2, 0.25) is 5.91 Å². The van der Waals surface area contributed by atoms with E-state index in [1.807, 2.05) is 60.7 Å². The van der Waals surface area contributed by atoms with E-state index >= 15 is 0 Å². The first-order valence-electron chi connectivity index (χ1n) is 10.8. The van der Waals surface area contributed by atoms with Gasteiger partial charge in [0.15, 0.2) is 5.76 Å². The Morgan fingerprint density at radius 2 is 1.97 bits per heavy atom. The number of hydrogen-bond acceptors (Lipinski definition) is 5. The van der Waals surface area contributed by atoms with Crippen LogP contribution >= 0.6 is 0 Å². The summed E-state index contributed by atoms with van der Waals surface area (Å²) in [6.07, 6.45) is 2.33. The van der Waals surface area contributed by atoms with Crippen LogP contribution in [0, 0.1) is 11.8 Å². The third kappa shape index (κ3) is 5.73. The Kier molecular flexibility index (Phi) is 6.99. The standard InChI is InChI=1S/C25H29N3O3/c1-30-23-9-7-18(8-10-23)16-27-25(29)14-20-11-12-26-17-21(20)13-22-15-24(31-28-22)19-5-3-2-4-6-19/h2-10,15,20-21,26H,11-14,16-17H2,1H3,(H,27,29)/t20-,21-/m0/s1. The van der Waals surface area contributed by atoms with Crippen molar-refractivity contribution in [2.24, 2.45) is 11.8 Å². The van der Waals surface area contributed by atoms with Gasteiger partial charge >= 0.3 is 0 Å². The summed E-state index contributed by atoms with van der Waals surface area (Å²) < 4.78 is 10.7. The molecule has 31 heavy (non-hydrogen) atoms. The number of nitrogens with one attached hydrogen (secondary N) is 2. The Labute approximate surface area is 183 Å². The van der Waals surface area contributed by atoms with Gasteiger partial charge in [-0.2, -0.15) is 0 Å². The van der Waals surface area contributed by atoms with Crippen molar-refractivity contribution < 1.29 is 14.1 Å². The van der Waals surface area contributed by atoms with Crippen molar-refractivity contribution in [3.05, 3.63) is 71.9 Å². The summed E-state index contributed by atoms with van der Waals surface area (Å²) in [4.78, 5) is 12.6. The quantitative estimate of drug-likeness (QED) is 0.580. The van der Waals surface area contributed by atoms with Gasteiger partial charge in [0, 0.05) is 24.6 Å². The molecule has 6 nitrogen and oxygen atoms in total. The molecule has 162 valence electrons. The lowest BCUT2D eigenvalue weighted by Crippen LogP contribution is -2.40. The van der Waals surface area contributed by atoms with Gasteiger partial charge < -0.3 is 19.9 Å². The van der Waals surface area contributed by atoms with Crippen molar-refractivity contribution in [1.82, 2.24) is 15.8 Å². The summed E-state index contributed by atoms with van der Waals surface area (Å²) in [5.41, 5.74) is 3.03. The van der Waals surface area contributed by atoms with Crippen molar-refractivity contribution in [3.8, 4) is 17.1 Å². The molecule has 0 spiro atoms. The molecule has 0 radical (unpaired) electrons. The summed E-state index contributed by atoms with van der Waals surface area (Å²) in [6, 6.07) is 19.8. The lowest BCUT2D eigenvalue weighted by molar-refractivity contribution is -0.122. The van der Waals surface area contributed by atoms with Crippen LogP contribution in [0.1, 0.15) is 24.1 Å². The molecule has 6 heteroatoms. The first-order chi connectivity index (χ1) is 15.2. The summed E-state index contributed by atoms with van der Waals surface area (Å²) in [5, 5.41) is 10.8. The summed E-state index contributed by atoms with van der Waals surface area (Å²) in [5.74, 6) is 2.38. The molecule has 3 aromatic rings. The van der Waals surface area contributed by atoms with E-state index in [2.05, 4.69) is 15.8 Å². The van der Waals surface area contributed by atoms with Gasteiger partial charge in [-0.3, -0.25) is 4.79 Å². The Morgan fingerprint density at radius 3 is 2.74 bits per heavy atom. The van der Waals surface area contributed by atoms with E-state index in [4.69, 9.17) is 9.26 Å². The Hall–Kier alpha value is -3.12. The fourth-order valence-electron chi connectivity index (χ4n) is 4.15. The number of amides is 1. The lowest BCUT2D eigenvalue weighted by atomic mass is 9.81. The number of ether oxygens (including phenoxy) is 1. The fraction of sp³-hybridized carbons (Fsp3) is 0.360. The number of nitrogens with zero attached hydrogens (tertiary/aromatic N) is 1. The zero-order valence-corrected chi connectivity index (χ0v) is 17.8. The van der Waals surface area contributed by atoms with Crippen LogP contribution in [0.25, 0.3) is 11.3 Å². The molecule has 1 saturated heterocycles.